The van der Waals surface area contributed by atoms with Crippen molar-refractivity contribution in [3.05, 3.63) is 24.3 Å². The SMILES string of the molecule is COc1ccc(N2CC(=O)N(C)C(C(=O)O)C2)cc1. The molecule has 1 heterocycles. The Morgan fingerprint density at radius 2 is 2.00 bits per heavy atom. The highest BCUT2D eigenvalue weighted by Crippen LogP contribution is 2.22. The van der Waals surface area contributed by atoms with E-state index < -0.39 is 12.0 Å². The lowest BCUT2D eigenvalue weighted by atomic mass is 10.1. The summed E-state index contributed by atoms with van der Waals surface area (Å²) in [5, 5.41) is 9.13. The molecule has 1 N–H and O–H groups in total. The molecule has 6 nitrogen and oxygen atoms in total. The molecule has 0 saturated carbocycles. The van der Waals surface area contributed by atoms with E-state index in [1.807, 2.05) is 12.1 Å². The van der Waals surface area contributed by atoms with E-state index in [-0.39, 0.29) is 19.0 Å². The van der Waals surface area contributed by atoms with Crippen molar-refractivity contribution < 1.29 is 19.4 Å². The van der Waals surface area contributed by atoms with Crippen LogP contribution in [-0.2, 0) is 9.59 Å². The smallest absolute Gasteiger partial charge is 0.328 e. The maximum atomic E-state index is 11.8. The minimum atomic E-state index is -0.992. The van der Waals surface area contributed by atoms with E-state index in [4.69, 9.17) is 9.84 Å². The summed E-state index contributed by atoms with van der Waals surface area (Å²) in [6.45, 7) is 0.469. The monoisotopic (exact) mass is 264 g/mol. The summed E-state index contributed by atoms with van der Waals surface area (Å²) in [6.07, 6.45) is 0. The average Bonchev–Trinajstić information content (AvgIpc) is 2.41. The Kier molecular flexibility index (Phi) is 3.59. The number of nitrogens with zero attached hydrogens (tertiary/aromatic N) is 2. The predicted molar refractivity (Wildman–Crippen MR) is 69.4 cm³/mol. The number of aliphatic carboxylic acids is 1. The Bertz CT molecular complexity index is 486. The maximum Gasteiger partial charge on any atom is 0.328 e. The van der Waals surface area contributed by atoms with Gasteiger partial charge in [-0.1, -0.05) is 0 Å². The van der Waals surface area contributed by atoms with Crippen molar-refractivity contribution in [1.82, 2.24) is 4.90 Å². The van der Waals surface area contributed by atoms with Crippen LogP contribution in [0.4, 0.5) is 5.69 Å². The molecule has 1 unspecified atom stereocenters. The number of likely N-dealkylation sites (N-methyl/N-ethyl adjacent to an activating group) is 1. The third-order valence-corrected chi connectivity index (χ3v) is 3.30. The van der Waals surface area contributed by atoms with Gasteiger partial charge in [-0.3, -0.25) is 4.79 Å². The molecule has 0 bridgehead atoms. The number of hydrogen-bond donors (Lipinski definition) is 1. The molecular formula is C13H16N2O4. The number of amides is 1. The van der Waals surface area contributed by atoms with Gasteiger partial charge in [-0.2, -0.15) is 0 Å². The minimum absolute atomic E-state index is 0.187. The Labute approximate surface area is 111 Å². The molecule has 1 fully saturated rings. The standard InChI is InChI=1S/C13H16N2O4/c1-14-11(13(17)18)7-15(8-12(14)16)9-3-5-10(19-2)6-4-9/h3-6,11H,7-8H2,1-2H3,(H,17,18). The number of carboxylic acid groups (broad SMARTS) is 1. The molecule has 19 heavy (non-hydrogen) atoms. The summed E-state index contributed by atoms with van der Waals surface area (Å²) < 4.78 is 5.07. The second kappa shape index (κ2) is 5.17. The number of carbonyl (C=O) groups excluding carboxylic acids is 1. The molecule has 0 spiro atoms. The van der Waals surface area contributed by atoms with Gasteiger partial charge in [-0.15, -0.1) is 0 Å². The molecule has 1 aliphatic heterocycles. The fourth-order valence-electron chi connectivity index (χ4n) is 2.08. The zero-order valence-electron chi connectivity index (χ0n) is 10.9. The lowest BCUT2D eigenvalue weighted by Gasteiger charge is -2.38. The van der Waals surface area contributed by atoms with Crippen molar-refractivity contribution in [2.24, 2.45) is 0 Å². The van der Waals surface area contributed by atoms with Gasteiger partial charge < -0.3 is 19.6 Å². The van der Waals surface area contributed by atoms with Crippen molar-refractivity contribution in [1.29, 1.82) is 0 Å². The first-order valence-electron chi connectivity index (χ1n) is 5.90. The van der Waals surface area contributed by atoms with E-state index in [1.165, 1.54) is 11.9 Å². The van der Waals surface area contributed by atoms with Crippen LogP contribution in [0.25, 0.3) is 0 Å². The molecule has 1 amide bonds. The van der Waals surface area contributed by atoms with Crippen LogP contribution >= 0.6 is 0 Å². The average molecular weight is 264 g/mol. The molecule has 0 aromatic heterocycles. The lowest BCUT2D eigenvalue weighted by Crippen LogP contribution is -2.57. The number of hydrogen-bond acceptors (Lipinski definition) is 4. The van der Waals surface area contributed by atoms with E-state index in [1.54, 1.807) is 24.1 Å². The van der Waals surface area contributed by atoms with Gasteiger partial charge in [-0.25, -0.2) is 4.79 Å². The van der Waals surface area contributed by atoms with Crippen molar-refractivity contribution in [3.63, 3.8) is 0 Å². The molecule has 2 rings (SSSR count). The van der Waals surface area contributed by atoms with E-state index in [0.717, 1.165) is 11.4 Å². The van der Waals surface area contributed by atoms with Crippen molar-refractivity contribution in [2.75, 3.05) is 32.1 Å². The van der Waals surface area contributed by atoms with Crippen LogP contribution in [0.3, 0.4) is 0 Å². The van der Waals surface area contributed by atoms with Gasteiger partial charge in [0.05, 0.1) is 13.7 Å². The number of piperazine rings is 1. The molecular weight excluding hydrogens is 248 g/mol. The quantitative estimate of drug-likeness (QED) is 0.857. The lowest BCUT2D eigenvalue weighted by molar-refractivity contribution is -0.149. The number of rotatable bonds is 3. The number of methoxy groups -OCH3 is 1. The molecule has 102 valence electrons. The molecule has 1 aromatic carbocycles. The zero-order valence-corrected chi connectivity index (χ0v) is 10.9. The predicted octanol–water partition coefficient (Wildman–Crippen LogP) is 0.427. The highest BCUT2D eigenvalue weighted by Gasteiger charge is 2.34. The Hall–Kier alpha value is -2.24. The Morgan fingerprint density at radius 1 is 1.37 bits per heavy atom. The molecule has 0 radical (unpaired) electrons. The van der Waals surface area contributed by atoms with Crippen LogP contribution in [0.2, 0.25) is 0 Å². The van der Waals surface area contributed by atoms with Gasteiger partial charge in [0.25, 0.3) is 0 Å². The third kappa shape index (κ3) is 2.62. The number of carboxylic acids is 1. The van der Waals surface area contributed by atoms with Gasteiger partial charge in [0.15, 0.2) is 0 Å². The van der Waals surface area contributed by atoms with Gasteiger partial charge in [0.1, 0.15) is 11.8 Å². The van der Waals surface area contributed by atoms with Crippen molar-refractivity contribution in [2.45, 2.75) is 6.04 Å². The Morgan fingerprint density at radius 3 is 2.53 bits per heavy atom. The maximum absolute atomic E-state index is 11.8. The molecule has 0 aliphatic carbocycles. The van der Waals surface area contributed by atoms with E-state index in [0.29, 0.717) is 0 Å². The van der Waals surface area contributed by atoms with Gasteiger partial charge in [0, 0.05) is 19.3 Å². The van der Waals surface area contributed by atoms with Crippen LogP contribution in [0.15, 0.2) is 24.3 Å². The number of anilines is 1. The summed E-state index contributed by atoms with van der Waals surface area (Å²) in [5.41, 5.74) is 0.813. The van der Waals surface area contributed by atoms with Crippen LogP contribution in [0.5, 0.6) is 5.75 Å². The molecule has 1 atom stereocenters. The van der Waals surface area contributed by atoms with Crippen LogP contribution in [0.1, 0.15) is 0 Å². The molecule has 1 aromatic rings. The molecule has 1 aliphatic rings. The first-order valence-corrected chi connectivity index (χ1v) is 5.90. The van der Waals surface area contributed by atoms with E-state index in [9.17, 15) is 9.59 Å². The normalized spacial score (nSPS) is 19.5. The topological polar surface area (TPSA) is 70.1 Å². The number of ether oxygens (including phenoxy) is 1. The Balaban J connectivity index is 2.20. The first-order chi connectivity index (χ1) is 9.02. The highest BCUT2D eigenvalue weighted by molar-refractivity contribution is 5.89. The first kappa shape index (κ1) is 13.2. The summed E-state index contributed by atoms with van der Waals surface area (Å²) in [6, 6.07) is 6.39. The second-order valence-corrected chi connectivity index (χ2v) is 4.44. The van der Waals surface area contributed by atoms with Crippen LogP contribution < -0.4 is 9.64 Å². The fourth-order valence-corrected chi connectivity index (χ4v) is 2.08. The van der Waals surface area contributed by atoms with Crippen LogP contribution in [0, 0.1) is 0 Å². The second-order valence-electron chi connectivity index (χ2n) is 4.44. The van der Waals surface area contributed by atoms with E-state index >= 15 is 0 Å². The fraction of sp³-hybridized carbons (Fsp3) is 0.385. The van der Waals surface area contributed by atoms with Crippen molar-refractivity contribution >= 4 is 17.6 Å². The van der Waals surface area contributed by atoms with Gasteiger partial charge in [0.2, 0.25) is 5.91 Å². The van der Waals surface area contributed by atoms with Crippen LogP contribution in [-0.4, -0.2) is 55.2 Å². The summed E-state index contributed by atoms with van der Waals surface area (Å²) in [5.74, 6) is -0.470. The van der Waals surface area contributed by atoms with Crippen molar-refractivity contribution in [3.8, 4) is 5.75 Å². The number of benzene rings is 1. The molecule has 1 saturated heterocycles. The summed E-state index contributed by atoms with van der Waals surface area (Å²) in [7, 11) is 3.10. The minimum Gasteiger partial charge on any atom is -0.497 e. The third-order valence-electron chi connectivity index (χ3n) is 3.30. The summed E-state index contributed by atoms with van der Waals surface area (Å²) >= 11 is 0. The summed E-state index contributed by atoms with van der Waals surface area (Å²) in [4.78, 5) is 26.0. The van der Waals surface area contributed by atoms with E-state index in [2.05, 4.69) is 0 Å². The van der Waals surface area contributed by atoms with Gasteiger partial charge >= 0.3 is 5.97 Å². The zero-order chi connectivity index (χ0) is 14.0. The largest absolute Gasteiger partial charge is 0.497 e. The van der Waals surface area contributed by atoms with Gasteiger partial charge in [-0.05, 0) is 24.3 Å². The highest BCUT2D eigenvalue weighted by atomic mass is 16.5. The number of carbonyl (C=O) groups is 2. The molecule has 6 heteroatoms.